The molecule has 0 radical (unpaired) electrons. The van der Waals surface area contributed by atoms with Crippen LogP contribution in [0, 0.1) is 11.8 Å². The van der Waals surface area contributed by atoms with Crippen molar-refractivity contribution in [2.24, 2.45) is 22.7 Å². The molecule has 1 aromatic carbocycles. The summed E-state index contributed by atoms with van der Waals surface area (Å²) in [5.74, 6) is -3.04. The molecule has 2 heterocycles. The second-order valence-corrected chi connectivity index (χ2v) is 13.8. The summed E-state index contributed by atoms with van der Waals surface area (Å²) in [6.07, 6.45) is 4.01. The number of primary amides is 1. The molecule has 0 unspecified atom stereocenters. The zero-order valence-electron chi connectivity index (χ0n) is 31.4. The first-order valence-electron chi connectivity index (χ1n) is 17.7. The molecule has 1 saturated heterocycles. The standard InChI is InChI=1S/C39H48N6O9/c1-22-17-28-34(44-15-8-16-44)30(46)20-29(36(28)49)45(21-31(47)26-11-13-27(14-12-26)42-43-41)38(50)23(2)9-7-10-32(52-5)37(54-39(40)51)25(4)19-24(3)35(48)33(18-22)53-6/h7,9-14,19-20,22,24,32-33,35,37,48H,8,15-18,21H2,1-6H3,(H2,40,51)/b10-7-,23-9+,25-19+/t22-,24+,32+,33+,35-,37+/m1/s1. The number of Topliss-reactive ketones (excluding diaryl/α,β-unsaturated/α-hetero) is 2. The van der Waals surface area contributed by atoms with Crippen molar-refractivity contribution in [3.63, 3.8) is 0 Å². The Labute approximate surface area is 314 Å². The Hall–Kier alpha value is -5.34. The second kappa shape index (κ2) is 18.6. The monoisotopic (exact) mass is 744 g/mol. The van der Waals surface area contributed by atoms with E-state index in [9.17, 15) is 29.1 Å². The number of azide groups is 1. The quantitative estimate of drug-likeness (QED) is 0.0907. The molecule has 0 spiro atoms. The molecular formula is C39H48N6O9. The van der Waals surface area contributed by atoms with E-state index >= 15 is 0 Å². The molecule has 54 heavy (non-hydrogen) atoms. The number of nitrogens with two attached hydrogens (primary N) is 1. The molecule has 288 valence electrons. The lowest BCUT2D eigenvalue weighted by molar-refractivity contribution is -0.128. The van der Waals surface area contributed by atoms with Crippen LogP contribution in [0.15, 0.2) is 87.9 Å². The minimum atomic E-state index is -1.04. The van der Waals surface area contributed by atoms with Crippen LogP contribution in [-0.2, 0) is 28.6 Å². The Bertz CT molecular complexity index is 1840. The molecular weight excluding hydrogens is 696 g/mol. The third-order valence-corrected chi connectivity index (χ3v) is 9.84. The largest absolute Gasteiger partial charge is 0.439 e. The summed E-state index contributed by atoms with van der Waals surface area (Å²) in [5, 5.41) is 15.0. The van der Waals surface area contributed by atoms with Crippen molar-refractivity contribution in [3.05, 3.63) is 98.8 Å². The lowest BCUT2D eigenvalue weighted by atomic mass is 9.84. The first kappa shape index (κ1) is 41.4. The number of ether oxygens (including phenoxy) is 3. The molecule has 2 amide bonds. The van der Waals surface area contributed by atoms with Gasteiger partial charge >= 0.3 is 6.09 Å². The zero-order chi connectivity index (χ0) is 39.7. The smallest absolute Gasteiger partial charge is 0.405 e. The number of aliphatic hydroxyl groups excluding tert-OH is 1. The van der Waals surface area contributed by atoms with Crippen LogP contribution in [0.25, 0.3) is 10.4 Å². The highest BCUT2D eigenvalue weighted by molar-refractivity contribution is 6.24. The summed E-state index contributed by atoms with van der Waals surface area (Å²) in [6.45, 7) is 7.47. The van der Waals surface area contributed by atoms with Crippen molar-refractivity contribution in [1.29, 1.82) is 0 Å². The predicted octanol–water partition coefficient (Wildman–Crippen LogP) is 5.00. The summed E-state index contributed by atoms with van der Waals surface area (Å²) in [4.78, 5) is 74.0. The Morgan fingerprint density at radius 2 is 1.76 bits per heavy atom. The van der Waals surface area contributed by atoms with Crippen LogP contribution in [0.4, 0.5) is 10.5 Å². The van der Waals surface area contributed by atoms with Gasteiger partial charge in [0.2, 0.25) is 11.6 Å². The highest BCUT2D eigenvalue weighted by Gasteiger charge is 2.39. The van der Waals surface area contributed by atoms with Gasteiger partial charge in [-0.2, -0.15) is 0 Å². The number of hydrogen-bond acceptors (Lipinski definition) is 11. The fourth-order valence-corrected chi connectivity index (χ4v) is 6.80. The summed E-state index contributed by atoms with van der Waals surface area (Å²) in [6, 6.07) is 5.78. The Balaban J connectivity index is 1.86. The van der Waals surface area contributed by atoms with Gasteiger partial charge in [-0.05, 0) is 50.1 Å². The fraction of sp³-hybridized carbons (Fsp3) is 0.462. The molecule has 6 atom stereocenters. The molecule has 3 N–H and O–H groups in total. The number of rotatable bonds is 8. The van der Waals surface area contributed by atoms with Gasteiger partial charge in [0.05, 0.1) is 30.1 Å². The topological polar surface area (TPSA) is 215 Å². The van der Waals surface area contributed by atoms with E-state index in [4.69, 9.17) is 25.5 Å². The van der Waals surface area contributed by atoms with Crippen molar-refractivity contribution in [1.82, 2.24) is 9.80 Å². The number of hydrogen-bond donors (Lipinski definition) is 2. The van der Waals surface area contributed by atoms with E-state index < -0.39 is 66.2 Å². The van der Waals surface area contributed by atoms with Gasteiger partial charge in [-0.15, -0.1) is 0 Å². The maximum Gasteiger partial charge on any atom is 0.405 e. The van der Waals surface area contributed by atoms with Gasteiger partial charge in [0.15, 0.2) is 11.9 Å². The summed E-state index contributed by atoms with van der Waals surface area (Å²) in [5.41, 5.74) is 15.5. The van der Waals surface area contributed by atoms with Crippen LogP contribution >= 0.6 is 0 Å². The number of allylic oxidation sites excluding steroid dienone is 4. The van der Waals surface area contributed by atoms with E-state index in [1.807, 2.05) is 11.8 Å². The van der Waals surface area contributed by atoms with Crippen molar-refractivity contribution in [2.45, 2.75) is 71.4 Å². The lowest BCUT2D eigenvalue weighted by Gasteiger charge is -2.38. The molecule has 1 fully saturated rings. The van der Waals surface area contributed by atoms with Crippen LogP contribution in [-0.4, -0.2) is 103 Å². The van der Waals surface area contributed by atoms with Gasteiger partial charge in [0.1, 0.15) is 6.10 Å². The molecule has 2 aliphatic heterocycles. The Morgan fingerprint density at radius 1 is 1.07 bits per heavy atom. The third-order valence-electron chi connectivity index (χ3n) is 9.84. The zero-order valence-corrected chi connectivity index (χ0v) is 31.4. The SMILES string of the molecule is CO[C@H]1/C=C\C=C(/C)C(=O)N(CC(=O)c2ccc(N=[N+]=[N-])cc2)C2=CC(=O)C(N3CCC3)=C(C[C@@H](C)C[C@H](OC)[C@H](O)[C@@H](C)/C=C(\C)[C@@H]1OC(N)=O)C2=O. The second-order valence-electron chi connectivity index (χ2n) is 13.8. The minimum Gasteiger partial charge on any atom is -0.439 e. The number of carbonyl (C=O) groups excluding carboxylic acids is 5. The van der Waals surface area contributed by atoms with Gasteiger partial charge in [-0.1, -0.05) is 67.5 Å². The third kappa shape index (κ3) is 9.79. The maximum atomic E-state index is 14.6. The highest BCUT2D eigenvalue weighted by atomic mass is 16.6. The average molecular weight is 745 g/mol. The fourth-order valence-electron chi connectivity index (χ4n) is 6.80. The van der Waals surface area contributed by atoms with E-state index in [0.29, 0.717) is 25.1 Å². The molecule has 4 rings (SSSR count). The highest BCUT2D eigenvalue weighted by Crippen LogP contribution is 2.34. The van der Waals surface area contributed by atoms with E-state index in [0.717, 1.165) is 17.4 Å². The van der Waals surface area contributed by atoms with E-state index in [1.54, 1.807) is 26.0 Å². The first-order valence-corrected chi connectivity index (χ1v) is 17.7. The molecule has 0 aromatic heterocycles. The van der Waals surface area contributed by atoms with Crippen molar-refractivity contribution in [3.8, 4) is 0 Å². The van der Waals surface area contributed by atoms with Crippen molar-refractivity contribution >= 4 is 35.0 Å². The number of likely N-dealkylation sites (tertiary alicyclic amines) is 1. The number of benzene rings is 1. The van der Waals surface area contributed by atoms with Crippen LogP contribution in [0.2, 0.25) is 0 Å². The Kier molecular flexibility index (Phi) is 14.3. The number of fused-ring (bicyclic) bond motifs is 2. The molecule has 15 heteroatoms. The van der Waals surface area contributed by atoms with Crippen LogP contribution < -0.4 is 5.73 Å². The van der Waals surface area contributed by atoms with E-state index in [2.05, 4.69) is 10.0 Å². The maximum absolute atomic E-state index is 14.6. The van der Waals surface area contributed by atoms with Gasteiger partial charge in [-0.25, -0.2) is 4.79 Å². The number of carbonyl (C=O) groups is 5. The molecule has 1 aromatic rings. The molecule has 1 aliphatic carbocycles. The van der Waals surface area contributed by atoms with Crippen LogP contribution in [0.1, 0.15) is 57.3 Å². The van der Waals surface area contributed by atoms with Gasteiger partial charge in [-0.3, -0.25) is 24.1 Å². The molecule has 2 bridgehead atoms. The number of aliphatic hydroxyl groups is 1. The normalized spacial score (nSPS) is 28.5. The van der Waals surface area contributed by atoms with Crippen molar-refractivity contribution in [2.75, 3.05) is 33.9 Å². The summed E-state index contributed by atoms with van der Waals surface area (Å²) >= 11 is 0. The number of methoxy groups -OCH3 is 2. The lowest BCUT2D eigenvalue weighted by Crippen LogP contribution is -2.45. The minimum absolute atomic E-state index is 0.110. The van der Waals surface area contributed by atoms with E-state index in [1.165, 1.54) is 57.6 Å². The van der Waals surface area contributed by atoms with Gasteiger partial charge in [0.25, 0.3) is 5.91 Å². The molecule has 0 saturated carbocycles. The van der Waals surface area contributed by atoms with Gasteiger partial charge < -0.3 is 30.0 Å². The predicted molar refractivity (Wildman–Crippen MR) is 199 cm³/mol. The average Bonchev–Trinajstić information content (AvgIpc) is 3.11. The van der Waals surface area contributed by atoms with Gasteiger partial charge in [0, 0.05) is 66.6 Å². The number of ketones is 3. The number of nitrogens with zero attached hydrogens (tertiary/aromatic N) is 5. The molecule has 3 aliphatic rings. The summed E-state index contributed by atoms with van der Waals surface area (Å²) < 4.78 is 16.8. The van der Waals surface area contributed by atoms with E-state index in [-0.39, 0.29) is 46.1 Å². The van der Waals surface area contributed by atoms with Crippen LogP contribution in [0.5, 0.6) is 0 Å². The first-order chi connectivity index (χ1) is 25.7. The number of amides is 2. The van der Waals surface area contributed by atoms with Crippen molar-refractivity contribution < 1.29 is 43.3 Å². The summed E-state index contributed by atoms with van der Waals surface area (Å²) in [7, 11) is 2.88. The Morgan fingerprint density at radius 3 is 2.33 bits per heavy atom. The molecule has 15 nitrogen and oxygen atoms in total. The van der Waals surface area contributed by atoms with Crippen LogP contribution in [0.3, 0.4) is 0 Å².